The molecule has 0 fully saturated rings. The fraction of sp³-hybridized carbons (Fsp3) is 0. The van der Waals surface area contributed by atoms with Crippen LogP contribution in [0.2, 0.25) is 5.02 Å². The SMILES string of the molecule is Clc1ccc2c(c1)Nc1ccc(Br)cc1S2. The highest BCUT2D eigenvalue weighted by molar-refractivity contribution is 9.10. The molecular formula is C12H7BrClNS. The van der Waals surface area contributed by atoms with Gasteiger partial charge >= 0.3 is 0 Å². The number of hydrogen-bond donors (Lipinski definition) is 1. The van der Waals surface area contributed by atoms with Crippen molar-refractivity contribution in [1.29, 1.82) is 0 Å². The highest BCUT2D eigenvalue weighted by Gasteiger charge is 2.15. The smallest absolute Gasteiger partial charge is 0.0541 e. The van der Waals surface area contributed by atoms with E-state index in [1.807, 2.05) is 24.3 Å². The molecule has 4 heteroatoms. The first-order chi connectivity index (χ1) is 7.72. The molecule has 0 aliphatic carbocycles. The number of hydrogen-bond acceptors (Lipinski definition) is 2. The lowest BCUT2D eigenvalue weighted by atomic mass is 10.2. The number of anilines is 2. The maximum Gasteiger partial charge on any atom is 0.0541 e. The minimum Gasteiger partial charge on any atom is -0.354 e. The molecule has 0 amide bonds. The average Bonchev–Trinajstić information content (AvgIpc) is 2.26. The van der Waals surface area contributed by atoms with Crippen molar-refractivity contribution in [2.24, 2.45) is 0 Å². The molecule has 2 aromatic rings. The van der Waals surface area contributed by atoms with Gasteiger partial charge in [-0.3, -0.25) is 0 Å². The molecular weight excluding hydrogens is 306 g/mol. The summed E-state index contributed by atoms with van der Waals surface area (Å²) in [6.45, 7) is 0. The van der Waals surface area contributed by atoms with E-state index in [4.69, 9.17) is 11.6 Å². The third-order valence-electron chi connectivity index (χ3n) is 2.37. The Bertz CT molecular complexity index is 519. The van der Waals surface area contributed by atoms with Crippen molar-refractivity contribution in [3.63, 3.8) is 0 Å². The van der Waals surface area contributed by atoms with Crippen LogP contribution in [0.1, 0.15) is 0 Å². The predicted octanol–water partition coefficient (Wildman–Crippen LogP) is 5.31. The Kier molecular flexibility index (Phi) is 2.62. The minimum absolute atomic E-state index is 0.757. The molecule has 0 unspecified atom stereocenters. The highest BCUT2D eigenvalue weighted by Crippen LogP contribution is 2.45. The van der Waals surface area contributed by atoms with E-state index in [1.54, 1.807) is 11.8 Å². The van der Waals surface area contributed by atoms with Gasteiger partial charge in [0.2, 0.25) is 0 Å². The van der Waals surface area contributed by atoms with Crippen LogP contribution in [-0.4, -0.2) is 0 Å². The third-order valence-corrected chi connectivity index (χ3v) is 4.24. The summed E-state index contributed by atoms with van der Waals surface area (Å²) >= 11 is 11.2. The predicted molar refractivity (Wildman–Crippen MR) is 73.0 cm³/mol. The molecule has 16 heavy (non-hydrogen) atoms. The quantitative estimate of drug-likeness (QED) is 0.603. The molecule has 1 N–H and O–H groups in total. The molecule has 0 atom stereocenters. The van der Waals surface area contributed by atoms with Gasteiger partial charge in [0.15, 0.2) is 0 Å². The van der Waals surface area contributed by atoms with Gasteiger partial charge in [-0.2, -0.15) is 0 Å². The van der Waals surface area contributed by atoms with Gasteiger partial charge in [0.1, 0.15) is 0 Å². The van der Waals surface area contributed by atoms with Crippen LogP contribution in [0.15, 0.2) is 50.7 Å². The number of rotatable bonds is 0. The number of benzene rings is 2. The maximum absolute atomic E-state index is 5.97. The van der Waals surface area contributed by atoms with Gasteiger partial charge in [-0.1, -0.05) is 39.3 Å². The van der Waals surface area contributed by atoms with Crippen molar-refractivity contribution in [3.05, 3.63) is 45.9 Å². The molecule has 1 aliphatic rings. The molecule has 1 heterocycles. The van der Waals surface area contributed by atoms with Crippen molar-refractivity contribution in [2.75, 3.05) is 5.32 Å². The van der Waals surface area contributed by atoms with Crippen LogP contribution in [0, 0.1) is 0 Å². The van der Waals surface area contributed by atoms with E-state index in [0.717, 1.165) is 20.9 Å². The van der Waals surface area contributed by atoms with E-state index in [-0.39, 0.29) is 0 Å². The fourth-order valence-electron chi connectivity index (χ4n) is 1.64. The molecule has 0 spiro atoms. The Balaban J connectivity index is 2.09. The zero-order valence-corrected chi connectivity index (χ0v) is 11.3. The van der Waals surface area contributed by atoms with E-state index in [0.29, 0.717) is 0 Å². The lowest BCUT2D eigenvalue weighted by molar-refractivity contribution is 1.31. The molecule has 0 radical (unpaired) electrons. The fourth-order valence-corrected chi connectivity index (χ4v) is 3.33. The number of halogens is 2. The Hall–Kier alpha value is -0.640. The van der Waals surface area contributed by atoms with Gasteiger partial charge in [-0.25, -0.2) is 0 Å². The monoisotopic (exact) mass is 311 g/mol. The van der Waals surface area contributed by atoms with Crippen LogP contribution in [0.5, 0.6) is 0 Å². The van der Waals surface area contributed by atoms with Crippen molar-refractivity contribution in [3.8, 4) is 0 Å². The molecule has 0 saturated carbocycles. The van der Waals surface area contributed by atoms with Gasteiger partial charge in [-0.05, 0) is 36.4 Å². The summed E-state index contributed by atoms with van der Waals surface area (Å²) in [5.74, 6) is 0. The molecule has 0 saturated heterocycles. The van der Waals surface area contributed by atoms with E-state index in [1.165, 1.54) is 9.79 Å². The molecule has 0 aromatic heterocycles. The summed E-state index contributed by atoms with van der Waals surface area (Å²) in [5, 5.41) is 4.14. The standard InChI is InChI=1S/C12H7BrClNS/c13-7-1-3-9-12(5-7)16-11-4-2-8(14)6-10(11)15-9/h1-6,15H. The summed E-state index contributed by atoms with van der Waals surface area (Å²) in [7, 11) is 0. The molecule has 80 valence electrons. The lowest BCUT2D eigenvalue weighted by Crippen LogP contribution is -1.99. The first-order valence-corrected chi connectivity index (χ1v) is 6.75. The second-order valence-electron chi connectivity index (χ2n) is 3.51. The van der Waals surface area contributed by atoms with Crippen molar-refractivity contribution in [2.45, 2.75) is 9.79 Å². The molecule has 2 aromatic carbocycles. The Morgan fingerprint density at radius 3 is 2.75 bits per heavy atom. The largest absolute Gasteiger partial charge is 0.354 e. The number of fused-ring (bicyclic) bond motifs is 2. The summed E-state index contributed by atoms with van der Waals surface area (Å²) in [5.41, 5.74) is 2.20. The second kappa shape index (κ2) is 3.99. The van der Waals surface area contributed by atoms with Crippen LogP contribution < -0.4 is 5.32 Å². The minimum atomic E-state index is 0.757. The van der Waals surface area contributed by atoms with Gasteiger partial charge < -0.3 is 5.32 Å². The average molecular weight is 313 g/mol. The molecule has 1 nitrogen and oxygen atoms in total. The van der Waals surface area contributed by atoms with Crippen molar-refractivity contribution in [1.82, 2.24) is 0 Å². The van der Waals surface area contributed by atoms with Gasteiger partial charge in [-0.15, -0.1) is 0 Å². The number of nitrogens with one attached hydrogen (secondary N) is 1. The maximum atomic E-state index is 5.97. The van der Waals surface area contributed by atoms with E-state index in [2.05, 4.69) is 33.4 Å². The van der Waals surface area contributed by atoms with E-state index in [9.17, 15) is 0 Å². The van der Waals surface area contributed by atoms with Crippen LogP contribution in [0.4, 0.5) is 11.4 Å². The third kappa shape index (κ3) is 1.83. The Labute approximate surface area is 111 Å². The van der Waals surface area contributed by atoms with Crippen molar-refractivity contribution >= 4 is 50.7 Å². The van der Waals surface area contributed by atoms with Crippen LogP contribution in [0.3, 0.4) is 0 Å². The van der Waals surface area contributed by atoms with E-state index < -0.39 is 0 Å². The molecule has 1 aliphatic heterocycles. The summed E-state index contributed by atoms with van der Waals surface area (Å²) in [6.07, 6.45) is 0. The first kappa shape index (κ1) is 10.5. The highest BCUT2D eigenvalue weighted by atomic mass is 79.9. The zero-order chi connectivity index (χ0) is 11.1. The van der Waals surface area contributed by atoms with Crippen LogP contribution in [-0.2, 0) is 0 Å². The second-order valence-corrected chi connectivity index (χ2v) is 5.94. The topological polar surface area (TPSA) is 12.0 Å². The lowest BCUT2D eigenvalue weighted by Gasteiger charge is -2.20. The van der Waals surface area contributed by atoms with E-state index >= 15 is 0 Å². The van der Waals surface area contributed by atoms with Crippen LogP contribution in [0.25, 0.3) is 0 Å². The zero-order valence-electron chi connectivity index (χ0n) is 8.13. The summed E-state index contributed by atoms with van der Waals surface area (Å²) < 4.78 is 1.10. The Morgan fingerprint density at radius 1 is 1.00 bits per heavy atom. The van der Waals surface area contributed by atoms with Gasteiger partial charge in [0.05, 0.1) is 11.4 Å². The van der Waals surface area contributed by atoms with Crippen molar-refractivity contribution < 1.29 is 0 Å². The summed E-state index contributed by atoms with van der Waals surface area (Å²) in [6, 6.07) is 12.1. The normalized spacial score (nSPS) is 12.6. The molecule has 0 bridgehead atoms. The molecule has 3 rings (SSSR count). The summed E-state index contributed by atoms with van der Waals surface area (Å²) in [4.78, 5) is 2.43. The Morgan fingerprint density at radius 2 is 1.88 bits per heavy atom. The van der Waals surface area contributed by atoms with Crippen LogP contribution >= 0.6 is 39.3 Å². The first-order valence-electron chi connectivity index (χ1n) is 4.76. The van der Waals surface area contributed by atoms with Gasteiger partial charge in [0.25, 0.3) is 0 Å². The van der Waals surface area contributed by atoms with Gasteiger partial charge in [0, 0.05) is 19.3 Å².